The van der Waals surface area contributed by atoms with E-state index in [2.05, 4.69) is 170 Å². The van der Waals surface area contributed by atoms with E-state index in [9.17, 15) is 0 Å². The lowest BCUT2D eigenvalue weighted by Gasteiger charge is -2.35. The first kappa shape index (κ1) is 37.3. The largest absolute Gasteiger partial charge is 0.461 e. The van der Waals surface area contributed by atoms with Crippen LogP contribution in [0.25, 0.3) is 56.4 Å². The van der Waals surface area contributed by atoms with Gasteiger partial charge in [-0.1, -0.05) is 206 Å². The number of hydrogen-bond donors (Lipinski definition) is 0. The number of benzene rings is 8. The highest BCUT2D eigenvalue weighted by Gasteiger charge is 2.44. The summed E-state index contributed by atoms with van der Waals surface area (Å²) in [5, 5.41) is 5.27. The summed E-state index contributed by atoms with van der Waals surface area (Å²) in [6.45, 7) is 0. The zero-order valence-electron chi connectivity index (χ0n) is 34.0. The molecule has 0 saturated carbocycles. The van der Waals surface area contributed by atoms with Crippen molar-refractivity contribution in [2.75, 3.05) is 0 Å². The maximum atomic E-state index is 6.89. The van der Waals surface area contributed by atoms with Crippen LogP contribution in [0.3, 0.4) is 0 Å². The molecule has 0 fully saturated rings. The number of fused-ring (bicyclic) bond motifs is 3. The second kappa shape index (κ2) is 16.0. The molecule has 5 heteroatoms. The molecule has 0 bridgehead atoms. The summed E-state index contributed by atoms with van der Waals surface area (Å²) >= 11 is 0. The Kier molecular flexibility index (Phi) is 9.64. The lowest BCUT2D eigenvalue weighted by Crippen LogP contribution is -2.74. The number of hydrogen-bond acceptors (Lipinski definition) is 4. The molecule has 8 aromatic carbocycles. The highest BCUT2D eigenvalue weighted by Crippen LogP contribution is 2.49. The van der Waals surface area contributed by atoms with Crippen molar-refractivity contribution in [3.05, 3.63) is 242 Å². The second-order valence-electron chi connectivity index (χ2n) is 15.9. The van der Waals surface area contributed by atoms with Crippen LogP contribution >= 0.6 is 0 Å². The van der Waals surface area contributed by atoms with Gasteiger partial charge in [0.05, 0.1) is 0 Å². The Labute approximate surface area is 363 Å². The smallest absolute Gasteiger partial charge is 0.179 e. The highest BCUT2D eigenvalue weighted by molar-refractivity contribution is 7.20. The van der Waals surface area contributed by atoms with E-state index in [4.69, 9.17) is 19.7 Å². The summed E-state index contributed by atoms with van der Waals surface area (Å²) in [6.07, 6.45) is 7.43. The topological polar surface area (TPSA) is 47.9 Å². The Balaban J connectivity index is 1.08. The molecule has 1 unspecified atom stereocenters. The van der Waals surface area contributed by atoms with Crippen molar-refractivity contribution in [3.8, 4) is 62.2 Å². The maximum Gasteiger partial charge on any atom is 0.179 e. The molecule has 2 heterocycles. The van der Waals surface area contributed by atoms with Crippen LogP contribution in [-0.2, 0) is 0 Å². The van der Waals surface area contributed by atoms with Gasteiger partial charge in [0, 0.05) is 28.2 Å². The first-order valence-electron chi connectivity index (χ1n) is 21.2. The van der Waals surface area contributed by atoms with Gasteiger partial charge in [0.1, 0.15) is 11.5 Å². The normalized spacial score (nSPS) is 14.1. The van der Waals surface area contributed by atoms with Crippen molar-refractivity contribution >= 4 is 28.8 Å². The maximum absolute atomic E-state index is 6.89. The molecule has 294 valence electrons. The van der Waals surface area contributed by atoms with Crippen LogP contribution in [0.15, 0.2) is 236 Å². The molecule has 0 radical (unpaired) electrons. The summed E-state index contributed by atoms with van der Waals surface area (Å²) in [7, 11) is -2.87. The third-order valence-corrected chi connectivity index (χ3v) is 17.0. The number of aromatic nitrogens is 3. The predicted molar refractivity (Wildman–Crippen MR) is 256 cm³/mol. The zero-order valence-corrected chi connectivity index (χ0v) is 35.0. The Hall–Kier alpha value is -7.73. The van der Waals surface area contributed by atoms with Crippen molar-refractivity contribution in [1.82, 2.24) is 15.0 Å². The second-order valence-corrected chi connectivity index (χ2v) is 19.7. The van der Waals surface area contributed by atoms with Crippen molar-refractivity contribution in [1.29, 1.82) is 0 Å². The highest BCUT2D eigenvalue weighted by atomic mass is 28.3. The summed E-state index contributed by atoms with van der Waals surface area (Å²) in [5.41, 5.74) is 8.62. The first-order valence-corrected chi connectivity index (χ1v) is 23.2. The Morgan fingerprint density at radius 3 is 1.37 bits per heavy atom. The lowest BCUT2D eigenvalue weighted by atomic mass is 9.86. The van der Waals surface area contributed by atoms with Crippen molar-refractivity contribution < 1.29 is 4.74 Å². The molecule has 1 aromatic heterocycles. The van der Waals surface area contributed by atoms with Crippen molar-refractivity contribution in [2.45, 2.75) is 12.3 Å². The molecule has 0 amide bonds. The fourth-order valence-electron chi connectivity index (χ4n) is 9.33. The number of ether oxygens (including phenoxy) is 1. The van der Waals surface area contributed by atoms with E-state index in [1.807, 2.05) is 60.7 Å². The molecular formula is C57H41N3OSi. The monoisotopic (exact) mass is 811 g/mol. The van der Waals surface area contributed by atoms with Gasteiger partial charge in [-0.3, -0.25) is 0 Å². The van der Waals surface area contributed by atoms with Crippen LogP contribution in [-0.4, -0.2) is 23.0 Å². The molecule has 0 N–H and O–H groups in total. The summed E-state index contributed by atoms with van der Waals surface area (Å²) in [4.78, 5) is 15.0. The van der Waals surface area contributed by atoms with E-state index in [-0.39, 0.29) is 5.92 Å². The minimum atomic E-state index is -2.87. The SMILES string of the molecule is C1=CCC2C(=C1)Oc1cc([Si](c3ccccc3)(c3ccccc3)c3ccccc3)cc(-c3cccc(-c4cccc(-c5nc(-c6ccccc6)nc(-c6ccccc6)n5)c4)c3)c12. The number of nitrogens with zero attached hydrogens (tertiary/aromatic N) is 3. The molecule has 1 atom stereocenters. The van der Waals surface area contributed by atoms with E-state index in [1.165, 1.54) is 31.9 Å². The van der Waals surface area contributed by atoms with Gasteiger partial charge in [-0.05, 0) is 73.7 Å². The number of rotatable bonds is 9. The van der Waals surface area contributed by atoms with Gasteiger partial charge in [0.15, 0.2) is 25.5 Å². The fraction of sp³-hybridized carbons (Fsp3) is 0.0351. The molecule has 11 rings (SSSR count). The molecule has 2 aliphatic rings. The molecule has 1 aliphatic carbocycles. The Morgan fingerprint density at radius 1 is 0.403 bits per heavy atom. The summed E-state index contributed by atoms with van der Waals surface area (Å²) in [5.74, 6) is 4.02. The van der Waals surface area contributed by atoms with Crippen molar-refractivity contribution in [3.63, 3.8) is 0 Å². The van der Waals surface area contributed by atoms with E-state index in [0.717, 1.165) is 51.3 Å². The van der Waals surface area contributed by atoms with E-state index >= 15 is 0 Å². The first-order chi connectivity index (χ1) is 30.7. The van der Waals surface area contributed by atoms with Crippen LogP contribution in [0, 0.1) is 0 Å². The minimum absolute atomic E-state index is 0.147. The van der Waals surface area contributed by atoms with Gasteiger partial charge in [0.25, 0.3) is 0 Å². The number of allylic oxidation sites excluding steroid dienone is 4. The molecule has 0 saturated heterocycles. The zero-order chi connectivity index (χ0) is 41.3. The summed E-state index contributed by atoms with van der Waals surface area (Å²) < 4.78 is 6.89. The van der Waals surface area contributed by atoms with E-state index in [0.29, 0.717) is 17.5 Å². The van der Waals surface area contributed by atoms with E-state index < -0.39 is 8.07 Å². The summed E-state index contributed by atoms with van der Waals surface area (Å²) in [6, 6.07) is 76.0. The molecule has 62 heavy (non-hydrogen) atoms. The standard InChI is InChI=1S/C57H41N3OSi/c1-6-20-40(21-7-1)55-58-56(41-22-8-2-9-23-41)60-57(59-55)45-27-19-25-43(37-45)42-24-18-26-44(36-42)51-38-49(39-53-54(51)50-34-16-17-35-52(50)61-53)62(46-28-10-3-11-29-46,47-30-12-4-13-31-47)48-32-14-5-15-33-48/h1-33,35-39,50H,34H2. The van der Waals surface area contributed by atoms with Gasteiger partial charge >= 0.3 is 0 Å². The van der Waals surface area contributed by atoms with Crippen LogP contribution in [0.2, 0.25) is 0 Å². The average molecular weight is 812 g/mol. The van der Waals surface area contributed by atoms with Crippen LogP contribution in [0.5, 0.6) is 5.75 Å². The predicted octanol–water partition coefficient (Wildman–Crippen LogP) is 10.9. The molecule has 4 nitrogen and oxygen atoms in total. The molecular weight excluding hydrogens is 771 g/mol. The minimum Gasteiger partial charge on any atom is -0.461 e. The Bertz CT molecular complexity index is 2960. The van der Waals surface area contributed by atoms with Crippen molar-refractivity contribution in [2.24, 2.45) is 0 Å². The van der Waals surface area contributed by atoms with Crippen LogP contribution < -0.4 is 25.5 Å². The molecule has 1 aliphatic heterocycles. The lowest BCUT2D eigenvalue weighted by molar-refractivity contribution is 0.425. The third kappa shape index (κ3) is 6.69. The molecule has 9 aromatic rings. The average Bonchev–Trinajstić information content (AvgIpc) is 3.74. The molecule has 0 spiro atoms. The third-order valence-electron chi connectivity index (χ3n) is 12.2. The van der Waals surface area contributed by atoms with Gasteiger partial charge in [-0.2, -0.15) is 0 Å². The van der Waals surface area contributed by atoms with Crippen LogP contribution in [0.4, 0.5) is 0 Å². The Morgan fingerprint density at radius 2 is 0.839 bits per heavy atom. The van der Waals surface area contributed by atoms with Gasteiger partial charge in [0.2, 0.25) is 0 Å². The fourth-order valence-corrected chi connectivity index (χ4v) is 14.1. The van der Waals surface area contributed by atoms with Gasteiger partial charge < -0.3 is 4.74 Å². The van der Waals surface area contributed by atoms with Gasteiger partial charge in [-0.25, -0.2) is 15.0 Å². The van der Waals surface area contributed by atoms with E-state index in [1.54, 1.807) is 0 Å². The quantitative estimate of drug-likeness (QED) is 0.108. The van der Waals surface area contributed by atoms with Crippen LogP contribution in [0.1, 0.15) is 17.9 Å². The van der Waals surface area contributed by atoms with Gasteiger partial charge in [-0.15, -0.1) is 0 Å².